The van der Waals surface area contributed by atoms with E-state index in [1.54, 1.807) is 23.5 Å². The first-order valence-corrected chi connectivity index (χ1v) is 7.52. The predicted molar refractivity (Wildman–Crippen MR) is 81.2 cm³/mol. The van der Waals surface area contributed by atoms with E-state index in [1.807, 2.05) is 30.5 Å². The second kappa shape index (κ2) is 6.18. The highest BCUT2D eigenvalue weighted by atomic mass is 32.1. The van der Waals surface area contributed by atoms with Gasteiger partial charge in [0.1, 0.15) is 0 Å². The van der Waals surface area contributed by atoms with Crippen LogP contribution in [0.3, 0.4) is 0 Å². The molecule has 0 aliphatic carbocycles. The number of esters is 1. The summed E-state index contributed by atoms with van der Waals surface area (Å²) in [5, 5.41) is 3.14. The summed E-state index contributed by atoms with van der Waals surface area (Å²) < 4.78 is 5.33. The normalized spacial score (nSPS) is 11.3. The second-order valence-corrected chi connectivity index (χ2v) is 6.29. The molecule has 1 aromatic heterocycles. The predicted octanol–water partition coefficient (Wildman–Crippen LogP) is 3.98. The molecule has 0 bridgehead atoms. The maximum Gasteiger partial charge on any atom is 0.338 e. The van der Waals surface area contributed by atoms with Crippen LogP contribution < -0.4 is 0 Å². The van der Waals surface area contributed by atoms with Gasteiger partial charge in [0.05, 0.1) is 17.2 Å². The summed E-state index contributed by atoms with van der Waals surface area (Å²) in [6.45, 7) is 6.65. The molecule has 0 saturated carbocycles. The Morgan fingerprint density at radius 2 is 2.00 bits per heavy atom. The molecule has 1 heterocycles. The van der Waals surface area contributed by atoms with Crippen LogP contribution in [0.2, 0.25) is 0 Å². The van der Waals surface area contributed by atoms with Crippen molar-refractivity contribution in [3.8, 4) is 0 Å². The highest BCUT2D eigenvalue weighted by molar-refractivity contribution is 7.09. The third-order valence-corrected chi connectivity index (χ3v) is 4.49. The van der Waals surface area contributed by atoms with Crippen LogP contribution in [0.5, 0.6) is 0 Å². The van der Waals surface area contributed by atoms with Crippen molar-refractivity contribution in [1.29, 1.82) is 0 Å². The van der Waals surface area contributed by atoms with Crippen molar-refractivity contribution in [2.24, 2.45) is 0 Å². The van der Waals surface area contributed by atoms with Crippen molar-refractivity contribution in [2.75, 3.05) is 6.61 Å². The number of benzene rings is 1. The summed E-state index contributed by atoms with van der Waals surface area (Å²) in [4.78, 5) is 16.4. The molecule has 0 amide bonds. The fourth-order valence-corrected chi connectivity index (χ4v) is 2.78. The van der Waals surface area contributed by atoms with Gasteiger partial charge in [0.25, 0.3) is 0 Å². The van der Waals surface area contributed by atoms with Crippen LogP contribution in [-0.2, 0) is 10.2 Å². The van der Waals surface area contributed by atoms with E-state index in [4.69, 9.17) is 4.74 Å². The van der Waals surface area contributed by atoms with Crippen molar-refractivity contribution in [3.63, 3.8) is 0 Å². The first-order valence-electron chi connectivity index (χ1n) is 6.64. The Morgan fingerprint density at radius 3 is 2.60 bits per heavy atom. The highest BCUT2D eigenvalue weighted by Crippen LogP contribution is 2.29. The Labute approximate surface area is 123 Å². The first-order chi connectivity index (χ1) is 9.49. The number of hydrogen-bond acceptors (Lipinski definition) is 4. The highest BCUT2D eigenvalue weighted by Gasteiger charge is 2.24. The molecule has 4 heteroatoms. The molecule has 1 aromatic carbocycles. The van der Waals surface area contributed by atoms with E-state index in [1.165, 1.54) is 0 Å². The maximum atomic E-state index is 11.8. The van der Waals surface area contributed by atoms with Crippen molar-refractivity contribution < 1.29 is 9.53 Å². The molecule has 0 unspecified atom stereocenters. The number of aromatic nitrogens is 1. The minimum atomic E-state index is -0.267. The van der Waals surface area contributed by atoms with Gasteiger partial charge < -0.3 is 4.74 Å². The topological polar surface area (TPSA) is 39.2 Å². The van der Waals surface area contributed by atoms with Crippen molar-refractivity contribution in [2.45, 2.75) is 32.6 Å². The number of rotatable bonds is 5. The van der Waals surface area contributed by atoms with Gasteiger partial charge in [-0.1, -0.05) is 32.0 Å². The Balaban J connectivity index is 1.88. The quantitative estimate of drug-likeness (QED) is 0.782. The largest absolute Gasteiger partial charge is 0.462 e. The molecule has 0 aliphatic rings. The molecule has 0 aliphatic heterocycles. The van der Waals surface area contributed by atoms with Crippen LogP contribution in [-0.4, -0.2) is 17.6 Å². The Kier molecular flexibility index (Phi) is 4.55. The molecule has 0 radical (unpaired) electrons. The van der Waals surface area contributed by atoms with Gasteiger partial charge in [-0.15, -0.1) is 11.3 Å². The van der Waals surface area contributed by atoms with E-state index in [9.17, 15) is 4.79 Å². The van der Waals surface area contributed by atoms with Crippen LogP contribution in [0.1, 0.15) is 41.3 Å². The van der Waals surface area contributed by atoms with Gasteiger partial charge in [-0.3, -0.25) is 0 Å². The molecular formula is C16H19NO2S. The molecule has 3 nitrogen and oxygen atoms in total. The van der Waals surface area contributed by atoms with Gasteiger partial charge >= 0.3 is 5.97 Å². The summed E-state index contributed by atoms with van der Waals surface area (Å²) in [5.74, 6) is -0.267. The van der Waals surface area contributed by atoms with Gasteiger partial charge in [-0.05, 0) is 25.5 Å². The number of aryl methyl sites for hydroxylation is 1. The average Bonchev–Trinajstić information content (AvgIpc) is 2.87. The lowest BCUT2D eigenvalue weighted by Gasteiger charge is -2.21. The number of nitrogens with zero attached hydrogens (tertiary/aromatic N) is 1. The summed E-state index contributed by atoms with van der Waals surface area (Å²) in [7, 11) is 0. The molecule has 2 rings (SSSR count). The summed E-state index contributed by atoms with van der Waals surface area (Å²) in [6.07, 6.45) is 0.762. The van der Waals surface area contributed by atoms with Gasteiger partial charge in [-0.25, -0.2) is 9.78 Å². The van der Waals surface area contributed by atoms with Gasteiger partial charge in [0.2, 0.25) is 0 Å². The van der Waals surface area contributed by atoms with Gasteiger partial charge in [0.15, 0.2) is 0 Å². The summed E-state index contributed by atoms with van der Waals surface area (Å²) in [6, 6.07) is 9.07. The zero-order valence-electron chi connectivity index (χ0n) is 12.1. The molecule has 0 atom stereocenters. The first kappa shape index (κ1) is 14.7. The molecule has 0 fully saturated rings. The molecule has 106 valence electrons. The molecule has 2 aromatic rings. The van der Waals surface area contributed by atoms with E-state index in [0.29, 0.717) is 12.2 Å². The second-order valence-electron chi connectivity index (χ2n) is 5.43. The molecule has 0 spiro atoms. The van der Waals surface area contributed by atoms with Crippen LogP contribution >= 0.6 is 11.3 Å². The summed E-state index contributed by atoms with van der Waals surface area (Å²) in [5.41, 5.74) is 1.56. The van der Waals surface area contributed by atoms with Gasteiger partial charge in [-0.2, -0.15) is 0 Å². The number of carbonyl (C=O) groups is 1. The Morgan fingerprint density at radius 1 is 1.30 bits per heavy atom. The zero-order valence-corrected chi connectivity index (χ0v) is 12.9. The van der Waals surface area contributed by atoms with E-state index in [2.05, 4.69) is 18.8 Å². The van der Waals surface area contributed by atoms with Crippen LogP contribution in [0, 0.1) is 6.92 Å². The molecule has 0 N–H and O–H groups in total. The summed E-state index contributed by atoms with van der Waals surface area (Å²) >= 11 is 1.66. The van der Waals surface area contributed by atoms with E-state index >= 15 is 0 Å². The minimum Gasteiger partial charge on any atom is -0.462 e. The lowest BCUT2D eigenvalue weighted by Crippen LogP contribution is -2.21. The lowest BCUT2D eigenvalue weighted by atomic mass is 9.91. The zero-order chi connectivity index (χ0) is 14.6. The fraction of sp³-hybridized carbons (Fsp3) is 0.375. The number of hydrogen-bond donors (Lipinski definition) is 0. The molecular weight excluding hydrogens is 270 g/mol. The van der Waals surface area contributed by atoms with E-state index in [-0.39, 0.29) is 11.4 Å². The van der Waals surface area contributed by atoms with E-state index in [0.717, 1.165) is 17.1 Å². The molecule has 0 saturated heterocycles. The van der Waals surface area contributed by atoms with Gasteiger partial charge in [0, 0.05) is 16.5 Å². The Bertz CT molecular complexity index is 575. The number of ether oxygens (including phenoxy) is 1. The lowest BCUT2D eigenvalue weighted by molar-refractivity contribution is 0.0480. The van der Waals surface area contributed by atoms with E-state index < -0.39 is 0 Å². The third kappa shape index (κ3) is 3.67. The van der Waals surface area contributed by atoms with Crippen LogP contribution in [0.4, 0.5) is 0 Å². The average molecular weight is 289 g/mol. The van der Waals surface area contributed by atoms with Crippen molar-refractivity contribution in [3.05, 3.63) is 52.0 Å². The Hall–Kier alpha value is -1.68. The van der Waals surface area contributed by atoms with Crippen LogP contribution in [0.25, 0.3) is 0 Å². The third-order valence-electron chi connectivity index (χ3n) is 3.17. The fourth-order valence-electron chi connectivity index (χ4n) is 1.83. The minimum absolute atomic E-state index is 0.0735. The maximum absolute atomic E-state index is 11.8. The van der Waals surface area contributed by atoms with Crippen molar-refractivity contribution >= 4 is 17.3 Å². The smallest absolute Gasteiger partial charge is 0.338 e. The van der Waals surface area contributed by atoms with Crippen molar-refractivity contribution in [1.82, 2.24) is 4.98 Å². The number of thiazole rings is 1. The standard InChI is InChI=1S/C16H19NO2S/c1-12-11-20-15(17-12)16(2,3)9-10-19-14(18)13-7-5-4-6-8-13/h4-8,11H,9-10H2,1-3H3. The molecule has 20 heavy (non-hydrogen) atoms. The monoisotopic (exact) mass is 289 g/mol. The van der Waals surface area contributed by atoms with Crippen LogP contribution in [0.15, 0.2) is 35.7 Å². The SMILES string of the molecule is Cc1csc(C(C)(C)CCOC(=O)c2ccccc2)n1. The number of carbonyl (C=O) groups excluding carboxylic acids is 1.